The molecule has 4 rings (SSSR count). The molecule has 0 spiro atoms. The third-order valence-corrected chi connectivity index (χ3v) is 6.04. The SMILES string of the molecule is C[C@]12C=CC[C@H]1[C@@H]1CCc3cc(O)ccc3[C@H]1CC2. The predicted molar refractivity (Wildman–Crippen MR) is 77.2 cm³/mol. The van der Waals surface area contributed by atoms with Crippen LogP contribution in [0.25, 0.3) is 0 Å². The molecule has 0 bridgehead atoms. The van der Waals surface area contributed by atoms with Crippen LogP contribution in [-0.2, 0) is 6.42 Å². The number of rotatable bonds is 0. The smallest absolute Gasteiger partial charge is 0.115 e. The lowest BCUT2D eigenvalue weighted by Crippen LogP contribution is -2.39. The van der Waals surface area contributed by atoms with E-state index in [0.717, 1.165) is 24.2 Å². The van der Waals surface area contributed by atoms with Gasteiger partial charge in [0.05, 0.1) is 0 Å². The van der Waals surface area contributed by atoms with Gasteiger partial charge in [0.1, 0.15) is 5.75 Å². The Morgan fingerprint density at radius 2 is 2.16 bits per heavy atom. The van der Waals surface area contributed by atoms with Crippen molar-refractivity contribution in [2.75, 3.05) is 0 Å². The van der Waals surface area contributed by atoms with Crippen molar-refractivity contribution in [3.8, 4) is 5.75 Å². The van der Waals surface area contributed by atoms with Crippen molar-refractivity contribution in [2.24, 2.45) is 17.3 Å². The van der Waals surface area contributed by atoms with Gasteiger partial charge in [-0.1, -0.05) is 25.1 Å². The van der Waals surface area contributed by atoms with E-state index in [9.17, 15) is 5.11 Å². The number of phenolic OH excluding ortho intramolecular Hbond substituents is 1. The number of aromatic hydroxyl groups is 1. The number of aryl methyl sites for hydroxylation is 1. The number of fused-ring (bicyclic) bond motifs is 5. The first-order valence-corrected chi connectivity index (χ1v) is 7.67. The van der Waals surface area contributed by atoms with Gasteiger partial charge >= 0.3 is 0 Å². The Hall–Kier alpha value is -1.24. The minimum Gasteiger partial charge on any atom is -0.508 e. The molecule has 1 fully saturated rings. The summed E-state index contributed by atoms with van der Waals surface area (Å²) in [5.41, 5.74) is 3.40. The molecule has 0 heterocycles. The lowest BCUT2D eigenvalue weighted by atomic mass is 9.56. The quantitative estimate of drug-likeness (QED) is 0.680. The van der Waals surface area contributed by atoms with Crippen LogP contribution in [0.5, 0.6) is 5.75 Å². The van der Waals surface area contributed by atoms with Crippen LogP contribution < -0.4 is 0 Å². The molecule has 1 aromatic rings. The lowest BCUT2D eigenvalue weighted by Gasteiger charge is -2.49. The summed E-state index contributed by atoms with van der Waals surface area (Å²) in [5, 5.41) is 9.67. The van der Waals surface area contributed by atoms with Crippen LogP contribution in [0.1, 0.15) is 49.7 Å². The van der Waals surface area contributed by atoms with Gasteiger partial charge in [-0.15, -0.1) is 0 Å². The molecule has 19 heavy (non-hydrogen) atoms. The van der Waals surface area contributed by atoms with Crippen molar-refractivity contribution >= 4 is 0 Å². The summed E-state index contributed by atoms with van der Waals surface area (Å²) in [4.78, 5) is 0. The summed E-state index contributed by atoms with van der Waals surface area (Å²) in [6.07, 6.45) is 11.3. The first-order valence-electron chi connectivity index (χ1n) is 7.67. The molecule has 3 aliphatic rings. The van der Waals surface area contributed by atoms with Crippen molar-refractivity contribution < 1.29 is 5.11 Å². The molecule has 0 radical (unpaired) electrons. The number of benzene rings is 1. The molecule has 100 valence electrons. The number of hydrogen-bond acceptors (Lipinski definition) is 1. The summed E-state index contributed by atoms with van der Waals surface area (Å²) >= 11 is 0. The average Bonchev–Trinajstić information content (AvgIpc) is 2.79. The van der Waals surface area contributed by atoms with Gasteiger partial charge in [0.2, 0.25) is 0 Å². The summed E-state index contributed by atoms with van der Waals surface area (Å²) in [5.74, 6) is 2.88. The van der Waals surface area contributed by atoms with E-state index in [1.807, 2.05) is 12.1 Å². The van der Waals surface area contributed by atoms with Gasteiger partial charge in [-0.25, -0.2) is 0 Å². The molecular weight excluding hydrogens is 232 g/mol. The van der Waals surface area contributed by atoms with Crippen LogP contribution >= 0.6 is 0 Å². The summed E-state index contributed by atoms with van der Waals surface area (Å²) < 4.78 is 0. The fourth-order valence-electron chi connectivity index (χ4n) is 5.05. The summed E-state index contributed by atoms with van der Waals surface area (Å²) in [6.45, 7) is 2.46. The summed E-state index contributed by atoms with van der Waals surface area (Å²) in [6, 6.07) is 6.06. The Bertz CT molecular complexity index is 545. The first-order chi connectivity index (χ1) is 9.17. The first kappa shape index (κ1) is 11.6. The van der Waals surface area contributed by atoms with Crippen molar-refractivity contribution in [3.05, 3.63) is 41.5 Å². The topological polar surface area (TPSA) is 20.2 Å². The highest BCUT2D eigenvalue weighted by atomic mass is 16.3. The maximum Gasteiger partial charge on any atom is 0.115 e. The van der Waals surface area contributed by atoms with Crippen molar-refractivity contribution in [2.45, 2.75) is 44.9 Å². The highest BCUT2D eigenvalue weighted by Crippen LogP contribution is 2.58. The van der Waals surface area contributed by atoms with E-state index in [2.05, 4.69) is 25.1 Å². The largest absolute Gasteiger partial charge is 0.508 e. The molecule has 0 unspecified atom stereocenters. The number of allylic oxidation sites excluding steroid dienone is 2. The maximum atomic E-state index is 9.67. The monoisotopic (exact) mass is 254 g/mol. The molecule has 0 aromatic heterocycles. The van der Waals surface area contributed by atoms with E-state index in [-0.39, 0.29) is 0 Å². The molecule has 0 aliphatic heterocycles. The van der Waals surface area contributed by atoms with E-state index in [1.54, 1.807) is 0 Å². The van der Waals surface area contributed by atoms with Gasteiger partial charge < -0.3 is 5.11 Å². The highest BCUT2D eigenvalue weighted by molar-refractivity contribution is 5.40. The van der Waals surface area contributed by atoms with Crippen molar-refractivity contribution in [3.63, 3.8) is 0 Å². The molecule has 1 aromatic carbocycles. The van der Waals surface area contributed by atoms with E-state index in [0.29, 0.717) is 11.2 Å². The highest BCUT2D eigenvalue weighted by Gasteiger charge is 2.48. The Kier molecular flexibility index (Phi) is 2.36. The second kappa shape index (κ2) is 3.88. The molecule has 3 aliphatic carbocycles. The van der Waals surface area contributed by atoms with Gasteiger partial charge in [0.25, 0.3) is 0 Å². The van der Waals surface area contributed by atoms with Crippen LogP contribution in [0.15, 0.2) is 30.4 Å². The zero-order valence-corrected chi connectivity index (χ0v) is 11.6. The minimum absolute atomic E-state index is 0.431. The van der Waals surface area contributed by atoms with Crippen LogP contribution in [0, 0.1) is 17.3 Å². The predicted octanol–water partition coefficient (Wildman–Crippen LogP) is 4.41. The van der Waals surface area contributed by atoms with E-state index >= 15 is 0 Å². The summed E-state index contributed by atoms with van der Waals surface area (Å²) in [7, 11) is 0. The molecule has 1 heteroatoms. The van der Waals surface area contributed by atoms with Crippen molar-refractivity contribution in [1.29, 1.82) is 0 Å². The molecule has 0 saturated heterocycles. The molecular formula is C18H22O. The van der Waals surface area contributed by atoms with Crippen LogP contribution in [0.4, 0.5) is 0 Å². The van der Waals surface area contributed by atoms with Crippen molar-refractivity contribution in [1.82, 2.24) is 0 Å². The van der Waals surface area contributed by atoms with Crippen LogP contribution in [0.2, 0.25) is 0 Å². The van der Waals surface area contributed by atoms with E-state index < -0.39 is 0 Å². The van der Waals surface area contributed by atoms with Gasteiger partial charge in [-0.2, -0.15) is 0 Å². The van der Waals surface area contributed by atoms with E-state index in [4.69, 9.17) is 0 Å². The van der Waals surface area contributed by atoms with E-state index in [1.165, 1.54) is 36.8 Å². The third-order valence-electron chi connectivity index (χ3n) is 6.04. The Morgan fingerprint density at radius 1 is 1.26 bits per heavy atom. The number of phenols is 1. The maximum absolute atomic E-state index is 9.67. The minimum atomic E-state index is 0.431. The van der Waals surface area contributed by atoms with Crippen LogP contribution in [-0.4, -0.2) is 5.11 Å². The molecule has 1 saturated carbocycles. The zero-order chi connectivity index (χ0) is 13.0. The molecule has 1 nitrogen and oxygen atoms in total. The Labute approximate surface area is 115 Å². The standard InChI is InChI=1S/C18H22O/c1-18-9-2-3-17(18)16-6-4-12-11-13(19)5-7-14(12)15(16)8-10-18/h2,5,7,9,11,15-17,19H,3-4,6,8,10H2,1H3/t15-,16-,17+,18-/m1/s1. The Balaban J connectivity index is 1.73. The Morgan fingerprint density at radius 3 is 3.05 bits per heavy atom. The third kappa shape index (κ3) is 1.60. The van der Waals surface area contributed by atoms with Gasteiger partial charge in [0.15, 0.2) is 0 Å². The second-order valence-corrected chi connectivity index (χ2v) is 6.98. The van der Waals surface area contributed by atoms with Crippen LogP contribution in [0.3, 0.4) is 0 Å². The zero-order valence-electron chi connectivity index (χ0n) is 11.6. The number of hydrogen-bond donors (Lipinski definition) is 1. The molecule has 1 N–H and O–H groups in total. The molecule has 0 amide bonds. The molecule has 4 atom stereocenters. The second-order valence-electron chi connectivity index (χ2n) is 6.98. The normalized spacial score (nSPS) is 39.5. The average molecular weight is 254 g/mol. The fourth-order valence-corrected chi connectivity index (χ4v) is 5.05. The fraction of sp³-hybridized carbons (Fsp3) is 0.556. The van der Waals surface area contributed by atoms with Gasteiger partial charge in [-0.05, 0) is 78.5 Å². The van der Waals surface area contributed by atoms with Gasteiger partial charge in [-0.3, -0.25) is 0 Å². The lowest BCUT2D eigenvalue weighted by molar-refractivity contribution is 0.0826. The van der Waals surface area contributed by atoms with Gasteiger partial charge in [0, 0.05) is 0 Å².